The Kier molecular flexibility index (Phi) is 3.58. The first-order chi connectivity index (χ1) is 8.19. The smallest absolute Gasteiger partial charge is 0.407 e. The molecule has 2 atom stereocenters. The lowest BCUT2D eigenvalue weighted by Gasteiger charge is -2.07. The molecule has 2 unspecified atom stereocenters. The van der Waals surface area contributed by atoms with E-state index in [0.717, 1.165) is 18.5 Å². The Morgan fingerprint density at radius 3 is 3.24 bits per heavy atom. The maximum absolute atomic E-state index is 10.8. The molecular weight excluding hydrogens is 222 g/mol. The van der Waals surface area contributed by atoms with Crippen molar-refractivity contribution in [3.63, 3.8) is 0 Å². The van der Waals surface area contributed by atoms with Crippen molar-refractivity contribution < 1.29 is 9.53 Å². The van der Waals surface area contributed by atoms with E-state index in [9.17, 15) is 4.79 Å². The fourth-order valence-corrected chi connectivity index (χ4v) is 1.77. The molecule has 0 aromatic carbocycles. The van der Waals surface area contributed by atoms with E-state index < -0.39 is 0 Å². The van der Waals surface area contributed by atoms with Crippen molar-refractivity contribution in [1.29, 1.82) is 0 Å². The van der Waals surface area contributed by atoms with Crippen molar-refractivity contribution in [1.82, 2.24) is 20.3 Å². The normalized spacial score (nSPS) is 21.1. The third kappa shape index (κ3) is 2.94. The molecule has 17 heavy (non-hydrogen) atoms. The highest BCUT2D eigenvalue weighted by Gasteiger charge is 2.23. The molecular formula is C10H17N5O2. The molecule has 0 radical (unpaired) electrons. The van der Waals surface area contributed by atoms with Crippen molar-refractivity contribution >= 4 is 6.09 Å². The molecule has 1 aromatic heterocycles. The number of amides is 1. The van der Waals surface area contributed by atoms with E-state index in [2.05, 4.69) is 22.6 Å². The molecule has 0 bridgehead atoms. The minimum Gasteiger partial charge on any atom is -0.442 e. The first-order valence-electron chi connectivity index (χ1n) is 5.79. The number of ether oxygens (including phenoxy) is 1. The molecule has 0 spiro atoms. The maximum atomic E-state index is 10.8. The summed E-state index contributed by atoms with van der Waals surface area (Å²) in [5.74, 6) is 0. The zero-order valence-electron chi connectivity index (χ0n) is 9.80. The van der Waals surface area contributed by atoms with Crippen LogP contribution in [0.5, 0.6) is 0 Å². The molecule has 1 saturated heterocycles. The number of rotatable bonds is 5. The number of nitrogens with two attached hydrogens (primary N) is 1. The van der Waals surface area contributed by atoms with E-state index in [0.29, 0.717) is 13.1 Å². The Hall–Kier alpha value is -1.63. The predicted molar refractivity (Wildman–Crippen MR) is 60.1 cm³/mol. The quantitative estimate of drug-likeness (QED) is 0.764. The van der Waals surface area contributed by atoms with Gasteiger partial charge >= 0.3 is 6.09 Å². The first kappa shape index (κ1) is 11.8. The van der Waals surface area contributed by atoms with E-state index in [1.165, 1.54) is 0 Å². The van der Waals surface area contributed by atoms with Gasteiger partial charge in [-0.15, -0.1) is 5.10 Å². The molecule has 0 aliphatic carbocycles. The fourth-order valence-electron chi connectivity index (χ4n) is 1.77. The van der Waals surface area contributed by atoms with Crippen LogP contribution in [0.1, 0.15) is 31.5 Å². The summed E-state index contributed by atoms with van der Waals surface area (Å²) >= 11 is 0. The van der Waals surface area contributed by atoms with E-state index in [-0.39, 0.29) is 18.2 Å². The number of nitrogens with one attached hydrogen (secondary N) is 1. The summed E-state index contributed by atoms with van der Waals surface area (Å²) in [6.45, 7) is 3.09. The molecule has 2 rings (SSSR count). The molecule has 1 aliphatic heterocycles. The van der Waals surface area contributed by atoms with Gasteiger partial charge in [-0.3, -0.25) is 0 Å². The van der Waals surface area contributed by atoms with E-state index in [1.807, 2.05) is 6.20 Å². The predicted octanol–water partition coefficient (Wildman–Crippen LogP) is 0.186. The Bertz CT molecular complexity index is 392. The van der Waals surface area contributed by atoms with E-state index in [1.54, 1.807) is 4.68 Å². The topological polar surface area (TPSA) is 95.1 Å². The molecule has 1 aliphatic rings. The van der Waals surface area contributed by atoms with Crippen LogP contribution in [0.2, 0.25) is 0 Å². The maximum Gasteiger partial charge on any atom is 0.407 e. The average molecular weight is 239 g/mol. The second-order valence-electron chi connectivity index (χ2n) is 4.17. The van der Waals surface area contributed by atoms with Crippen LogP contribution in [0.25, 0.3) is 0 Å². The SMILES string of the molecule is CCCC(N)c1cn(CC2CNC(=O)O2)nn1. The van der Waals surface area contributed by atoms with Gasteiger partial charge in [-0.05, 0) is 6.42 Å². The van der Waals surface area contributed by atoms with Gasteiger partial charge in [0.2, 0.25) is 0 Å². The summed E-state index contributed by atoms with van der Waals surface area (Å²) in [5.41, 5.74) is 6.72. The van der Waals surface area contributed by atoms with E-state index >= 15 is 0 Å². The van der Waals surface area contributed by atoms with Crippen LogP contribution < -0.4 is 11.1 Å². The molecule has 0 saturated carbocycles. The molecule has 7 heteroatoms. The van der Waals surface area contributed by atoms with Crippen molar-refractivity contribution in [2.75, 3.05) is 6.54 Å². The van der Waals surface area contributed by atoms with Crippen LogP contribution in [0, 0.1) is 0 Å². The van der Waals surface area contributed by atoms with Gasteiger partial charge < -0.3 is 15.8 Å². The molecule has 3 N–H and O–H groups in total. The van der Waals surface area contributed by atoms with Gasteiger partial charge in [0.25, 0.3) is 0 Å². The Morgan fingerprint density at radius 2 is 2.59 bits per heavy atom. The first-order valence-corrected chi connectivity index (χ1v) is 5.79. The summed E-state index contributed by atoms with van der Waals surface area (Å²) in [5, 5.41) is 10.6. The monoisotopic (exact) mass is 239 g/mol. The Labute approximate surface area is 99.3 Å². The van der Waals surface area contributed by atoms with Crippen LogP contribution in [0.4, 0.5) is 4.79 Å². The number of carbonyl (C=O) groups is 1. The summed E-state index contributed by atoms with van der Waals surface area (Å²) in [4.78, 5) is 10.8. The Morgan fingerprint density at radius 1 is 1.76 bits per heavy atom. The van der Waals surface area contributed by atoms with Crippen molar-refractivity contribution in [2.45, 2.75) is 38.5 Å². The van der Waals surface area contributed by atoms with Gasteiger partial charge in [0, 0.05) is 0 Å². The molecule has 1 aromatic rings. The number of hydrogen-bond acceptors (Lipinski definition) is 5. The second-order valence-corrected chi connectivity index (χ2v) is 4.17. The van der Waals surface area contributed by atoms with E-state index in [4.69, 9.17) is 10.5 Å². The number of cyclic esters (lactones) is 1. The van der Waals surface area contributed by atoms with Crippen molar-refractivity contribution in [2.24, 2.45) is 5.73 Å². The average Bonchev–Trinajstić information content (AvgIpc) is 2.89. The zero-order valence-corrected chi connectivity index (χ0v) is 9.80. The standard InChI is InChI=1S/C10H17N5O2/c1-2-3-8(11)9-6-15(14-13-9)5-7-4-12-10(16)17-7/h6-8H,2-5,11H2,1H3,(H,12,16). The van der Waals surface area contributed by atoms with Gasteiger partial charge in [0.15, 0.2) is 0 Å². The number of nitrogens with zero attached hydrogens (tertiary/aromatic N) is 3. The summed E-state index contributed by atoms with van der Waals surface area (Å²) < 4.78 is 6.68. The number of alkyl carbamates (subject to hydrolysis) is 1. The molecule has 94 valence electrons. The number of carbonyl (C=O) groups excluding carboxylic acids is 1. The molecule has 2 heterocycles. The number of hydrogen-bond donors (Lipinski definition) is 2. The summed E-state index contributed by atoms with van der Waals surface area (Å²) in [6.07, 6.45) is 3.15. The lowest BCUT2D eigenvalue weighted by molar-refractivity contribution is 0.128. The van der Waals surface area contributed by atoms with Crippen LogP contribution in [-0.2, 0) is 11.3 Å². The van der Waals surface area contributed by atoms with Gasteiger partial charge in [-0.25, -0.2) is 9.48 Å². The lowest BCUT2D eigenvalue weighted by atomic mass is 10.1. The molecule has 7 nitrogen and oxygen atoms in total. The molecule has 1 fully saturated rings. The van der Waals surface area contributed by atoms with Crippen molar-refractivity contribution in [3.05, 3.63) is 11.9 Å². The largest absolute Gasteiger partial charge is 0.442 e. The van der Waals surface area contributed by atoms with Gasteiger partial charge in [0.1, 0.15) is 6.10 Å². The fraction of sp³-hybridized carbons (Fsp3) is 0.700. The van der Waals surface area contributed by atoms with Crippen LogP contribution in [0.15, 0.2) is 6.20 Å². The molecule has 1 amide bonds. The minimum atomic E-state index is -0.377. The van der Waals surface area contributed by atoms with Crippen LogP contribution in [-0.4, -0.2) is 33.7 Å². The summed E-state index contributed by atoms with van der Waals surface area (Å²) in [6, 6.07) is -0.0713. The highest BCUT2D eigenvalue weighted by atomic mass is 16.6. The second kappa shape index (κ2) is 5.13. The van der Waals surface area contributed by atoms with Gasteiger partial charge in [-0.1, -0.05) is 18.6 Å². The third-order valence-corrected chi connectivity index (χ3v) is 2.67. The van der Waals surface area contributed by atoms with Gasteiger partial charge in [0.05, 0.1) is 31.0 Å². The van der Waals surface area contributed by atoms with Crippen LogP contribution in [0.3, 0.4) is 0 Å². The minimum absolute atomic E-state index is 0.0713. The number of aromatic nitrogens is 3. The highest BCUT2D eigenvalue weighted by molar-refractivity contribution is 5.69. The summed E-state index contributed by atoms with van der Waals surface area (Å²) in [7, 11) is 0. The lowest BCUT2D eigenvalue weighted by Crippen LogP contribution is -2.20. The van der Waals surface area contributed by atoms with Gasteiger partial charge in [-0.2, -0.15) is 0 Å². The Balaban J connectivity index is 1.91. The highest BCUT2D eigenvalue weighted by Crippen LogP contribution is 2.12. The zero-order chi connectivity index (χ0) is 12.3. The van der Waals surface area contributed by atoms with Crippen molar-refractivity contribution in [3.8, 4) is 0 Å². The third-order valence-electron chi connectivity index (χ3n) is 2.67. The van der Waals surface area contributed by atoms with Crippen LogP contribution >= 0.6 is 0 Å².